The number of fused-ring (bicyclic) bond motifs is 1. The van der Waals surface area contributed by atoms with Crippen LogP contribution in [-0.4, -0.2) is 61.8 Å². The number of halogens is 2. The molecule has 180 valence electrons. The van der Waals surface area contributed by atoms with Gasteiger partial charge >= 0.3 is 6.61 Å². The van der Waals surface area contributed by atoms with E-state index in [1.54, 1.807) is 34.9 Å². The summed E-state index contributed by atoms with van der Waals surface area (Å²) >= 11 is 2.20. The Bertz CT molecular complexity index is 1210. The zero-order valence-corrected chi connectivity index (χ0v) is 19.0. The predicted octanol–water partition coefficient (Wildman–Crippen LogP) is -1.60. The van der Waals surface area contributed by atoms with Crippen molar-refractivity contribution in [3.63, 3.8) is 0 Å². The number of carboxylic acids is 1. The summed E-state index contributed by atoms with van der Waals surface area (Å²) in [5, 5.41) is 18.1. The number of oxime groups is 1. The molecule has 1 fully saturated rings. The van der Waals surface area contributed by atoms with Crippen molar-refractivity contribution < 1.29 is 37.8 Å². The Kier molecular flexibility index (Phi) is 6.52. The lowest BCUT2D eigenvalue weighted by Crippen LogP contribution is -2.71. The van der Waals surface area contributed by atoms with Crippen molar-refractivity contribution in [3.05, 3.63) is 40.8 Å². The summed E-state index contributed by atoms with van der Waals surface area (Å²) < 4.78 is 28.5. The number of β-lactam (4-membered cyclic amide) rings is 1. The highest BCUT2D eigenvalue weighted by Crippen LogP contribution is 2.40. The van der Waals surface area contributed by atoms with Gasteiger partial charge in [0, 0.05) is 17.2 Å². The molecule has 0 unspecified atom stereocenters. The summed E-state index contributed by atoms with van der Waals surface area (Å²) in [4.78, 5) is 46.2. The second-order valence-corrected chi connectivity index (χ2v) is 9.13. The maximum Gasteiger partial charge on any atom is 0.407 e. The number of carbonyl (C=O) groups excluding carboxylic acids is 3. The van der Waals surface area contributed by atoms with Crippen molar-refractivity contribution in [1.82, 2.24) is 19.9 Å². The van der Waals surface area contributed by atoms with Crippen LogP contribution in [0, 0.1) is 0 Å². The van der Waals surface area contributed by atoms with Crippen LogP contribution in [0.2, 0.25) is 0 Å². The molecule has 2 aromatic heterocycles. The van der Waals surface area contributed by atoms with Crippen molar-refractivity contribution in [2.24, 2.45) is 12.2 Å². The fraction of sp³-hybridized carbons (Fsp3) is 0.333. The van der Waals surface area contributed by atoms with Gasteiger partial charge in [-0.15, -0.1) is 27.8 Å². The van der Waals surface area contributed by atoms with E-state index in [0.717, 1.165) is 16.2 Å². The zero-order chi connectivity index (χ0) is 24.6. The first-order valence-electron chi connectivity index (χ1n) is 9.60. The summed E-state index contributed by atoms with van der Waals surface area (Å²) in [5.74, 6) is -2.95. The summed E-state index contributed by atoms with van der Waals surface area (Å²) in [6, 6.07) is 0.661. The average molecular weight is 514 g/mol. The summed E-state index contributed by atoms with van der Waals surface area (Å²) in [5.41, 5.74) is 5.03. The van der Waals surface area contributed by atoms with Crippen LogP contribution in [0.3, 0.4) is 0 Å². The van der Waals surface area contributed by atoms with E-state index in [0.29, 0.717) is 5.57 Å². The van der Waals surface area contributed by atoms with Gasteiger partial charge in [0.2, 0.25) is 0 Å². The number of nitrogens with one attached hydrogen (secondary N) is 1. The second-order valence-electron chi connectivity index (χ2n) is 7.14. The van der Waals surface area contributed by atoms with Crippen LogP contribution in [0.15, 0.2) is 40.3 Å². The molecule has 2 aliphatic heterocycles. The molecule has 0 aromatic carbocycles. The summed E-state index contributed by atoms with van der Waals surface area (Å²) in [6.45, 7) is -3.06. The van der Waals surface area contributed by atoms with Gasteiger partial charge in [0.05, 0.1) is 17.9 Å². The van der Waals surface area contributed by atoms with Crippen LogP contribution in [0.25, 0.3) is 0 Å². The Morgan fingerprint density at radius 1 is 1.50 bits per heavy atom. The number of aliphatic carboxylic acids is 1. The summed E-state index contributed by atoms with van der Waals surface area (Å²) in [7, 11) is 1.78. The quantitative estimate of drug-likeness (QED) is 0.185. The van der Waals surface area contributed by atoms with Crippen LogP contribution in [0.5, 0.6) is 0 Å². The molecular weight excluding hydrogens is 496 g/mol. The Balaban J connectivity index is 1.54. The van der Waals surface area contributed by atoms with E-state index >= 15 is 0 Å². The highest BCUT2D eigenvalue weighted by Gasteiger charge is 2.53. The highest BCUT2D eigenvalue weighted by atomic mass is 32.2. The van der Waals surface area contributed by atoms with Gasteiger partial charge in [-0.1, -0.05) is 5.16 Å². The van der Waals surface area contributed by atoms with Crippen LogP contribution >= 0.6 is 23.1 Å². The molecule has 2 aromatic rings. The second kappa shape index (κ2) is 9.38. The first-order valence-corrected chi connectivity index (χ1v) is 11.5. The minimum Gasteiger partial charge on any atom is -0.543 e. The summed E-state index contributed by atoms with van der Waals surface area (Å²) in [6.07, 6.45) is 3.54. The molecule has 1 saturated heterocycles. The highest BCUT2D eigenvalue weighted by molar-refractivity contribution is 8.00. The lowest BCUT2D eigenvalue weighted by Gasteiger charge is -2.50. The van der Waals surface area contributed by atoms with Gasteiger partial charge in [-0.25, -0.2) is 4.98 Å². The van der Waals surface area contributed by atoms with E-state index in [-0.39, 0.29) is 28.8 Å². The van der Waals surface area contributed by atoms with Gasteiger partial charge in [0.15, 0.2) is 24.1 Å². The molecule has 2 amide bonds. The number of aromatic nitrogens is 3. The number of nitrogen functional groups attached to an aromatic ring is 1. The molecule has 0 aliphatic carbocycles. The van der Waals surface area contributed by atoms with Gasteiger partial charge in [0.25, 0.3) is 11.8 Å². The number of hydrogen-bond acceptors (Lipinski definition) is 10. The molecule has 4 rings (SSSR count). The lowest BCUT2D eigenvalue weighted by atomic mass is 10.0. The van der Waals surface area contributed by atoms with E-state index in [1.165, 1.54) is 17.1 Å². The molecule has 16 heteroatoms. The lowest BCUT2D eigenvalue weighted by molar-refractivity contribution is -0.752. The number of thiazole rings is 1. The van der Waals surface area contributed by atoms with Crippen LogP contribution in [-0.2, 0) is 32.8 Å². The number of thioether (sulfide) groups is 1. The molecule has 2 atom stereocenters. The van der Waals surface area contributed by atoms with Crippen molar-refractivity contribution >= 4 is 51.7 Å². The number of anilines is 1. The molecule has 3 N–H and O–H groups in total. The number of nitrogens with two attached hydrogens (primary N) is 1. The molecule has 2 aliphatic rings. The SMILES string of the molecule is C[n+]1cccn1CC1=C(C(=O)[O-])N2C(=O)[C@@H](NC(=O)C(=NOC(F)F)c3csc(N)n3)[C@H]2SC1. The number of amides is 2. The van der Waals surface area contributed by atoms with Gasteiger partial charge in [-0.05, 0) is 5.57 Å². The number of aryl methyl sites for hydroxylation is 1. The molecule has 34 heavy (non-hydrogen) atoms. The van der Waals surface area contributed by atoms with E-state index < -0.39 is 41.5 Å². The molecular formula is C18H17F2N7O5S2. The van der Waals surface area contributed by atoms with Crippen LogP contribution in [0.1, 0.15) is 5.69 Å². The average Bonchev–Trinajstić information content (AvgIpc) is 3.39. The third-order valence-corrected chi connectivity index (χ3v) is 7.06. The molecule has 4 heterocycles. The van der Waals surface area contributed by atoms with E-state index in [9.17, 15) is 28.3 Å². The fourth-order valence-corrected chi connectivity index (χ4v) is 5.39. The Hall–Kier alpha value is -3.53. The minimum absolute atomic E-state index is 0.0636. The first-order chi connectivity index (χ1) is 16.2. The normalized spacial score (nSPS) is 20.3. The molecule has 0 saturated carbocycles. The Morgan fingerprint density at radius 2 is 2.26 bits per heavy atom. The maximum atomic E-state index is 12.8. The van der Waals surface area contributed by atoms with Gasteiger partial charge in [-0.3, -0.25) is 14.5 Å². The third kappa shape index (κ3) is 4.45. The Labute approximate surface area is 198 Å². The molecule has 0 radical (unpaired) electrons. The van der Waals surface area contributed by atoms with E-state index in [1.807, 2.05) is 0 Å². The topological polar surface area (TPSA) is 159 Å². The van der Waals surface area contributed by atoms with E-state index in [4.69, 9.17) is 5.73 Å². The number of carbonyl (C=O) groups is 3. The Morgan fingerprint density at radius 3 is 2.85 bits per heavy atom. The van der Waals surface area contributed by atoms with Crippen molar-refractivity contribution in [1.29, 1.82) is 0 Å². The zero-order valence-electron chi connectivity index (χ0n) is 17.4. The number of alkyl halides is 2. The largest absolute Gasteiger partial charge is 0.543 e. The molecule has 0 spiro atoms. The van der Waals surface area contributed by atoms with Crippen molar-refractivity contribution in [2.75, 3.05) is 11.5 Å². The number of nitrogens with zero attached hydrogens (tertiary/aromatic N) is 5. The number of rotatable bonds is 8. The molecule has 0 bridgehead atoms. The van der Waals surface area contributed by atoms with Gasteiger partial charge in [-0.2, -0.15) is 13.5 Å². The smallest absolute Gasteiger partial charge is 0.407 e. The first kappa shape index (κ1) is 23.6. The minimum atomic E-state index is -3.29. The predicted molar refractivity (Wildman–Crippen MR) is 113 cm³/mol. The third-order valence-electron chi connectivity index (χ3n) is 5.05. The fourth-order valence-electron chi connectivity index (χ4n) is 3.51. The van der Waals surface area contributed by atoms with Gasteiger partial charge in [0.1, 0.15) is 23.7 Å². The van der Waals surface area contributed by atoms with Crippen molar-refractivity contribution in [2.45, 2.75) is 24.6 Å². The number of carboxylic acid groups (broad SMARTS) is 1. The van der Waals surface area contributed by atoms with Crippen LogP contribution in [0.4, 0.5) is 13.9 Å². The standard InChI is InChI=1S/C18H17F2N7O5S2/c1-25-3-2-4-26(25)5-8-6-33-15-11(14(29)27(15)12(8)16(30)31)23-13(28)10(24-32-17(19)20)9-7-34-18(21)22-9/h2-4,7,11,15,17H,5-6H2,1H3,(H3-,21,22,23,28,30,31)/t11-,15-/m1/s1. The van der Waals surface area contributed by atoms with Gasteiger partial charge < -0.3 is 25.8 Å². The molecule has 12 nitrogen and oxygen atoms in total. The number of hydrogen-bond donors (Lipinski definition) is 2. The monoisotopic (exact) mass is 513 g/mol. The maximum absolute atomic E-state index is 12.8. The van der Waals surface area contributed by atoms with E-state index in [2.05, 4.69) is 20.3 Å². The van der Waals surface area contributed by atoms with Crippen LogP contribution < -0.4 is 20.8 Å². The van der Waals surface area contributed by atoms with Crippen molar-refractivity contribution in [3.8, 4) is 0 Å².